The molecule has 0 aliphatic heterocycles. The van der Waals surface area contributed by atoms with Crippen LogP contribution in [0.2, 0.25) is 0 Å². The van der Waals surface area contributed by atoms with Gasteiger partial charge in [0.05, 0.1) is 6.61 Å². The van der Waals surface area contributed by atoms with Gasteiger partial charge < -0.3 is 10.5 Å². The largest absolute Gasteiger partial charge is 0.399 e. The molecular formula is C12H18FNOS. The van der Waals surface area contributed by atoms with Crippen molar-refractivity contribution in [2.75, 3.05) is 24.7 Å². The fourth-order valence-electron chi connectivity index (χ4n) is 1.21. The van der Waals surface area contributed by atoms with Gasteiger partial charge in [-0.25, -0.2) is 4.39 Å². The van der Waals surface area contributed by atoms with Crippen molar-refractivity contribution in [3.8, 4) is 0 Å². The predicted octanol–water partition coefficient (Wildman–Crippen LogP) is 3.17. The molecule has 0 amide bonds. The summed E-state index contributed by atoms with van der Waals surface area (Å²) in [4.78, 5) is 0.852. The molecule has 16 heavy (non-hydrogen) atoms. The van der Waals surface area contributed by atoms with E-state index in [1.165, 1.54) is 12.1 Å². The molecule has 0 saturated carbocycles. The van der Waals surface area contributed by atoms with E-state index in [0.717, 1.165) is 17.3 Å². The molecule has 0 unspecified atom stereocenters. The van der Waals surface area contributed by atoms with Gasteiger partial charge >= 0.3 is 0 Å². The monoisotopic (exact) mass is 243 g/mol. The van der Waals surface area contributed by atoms with E-state index in [2.05, 4.69) is 13.8 Å². The SMILES string of the molecule is CC(C)COCCSc1cc(N)cc(F)c1. The highest BCUT2D eigenvalue weighted by atomic mass is 32.2. The molecule has 0 aromatic heterocycles. The van der Waals surface area contributed by atoms with E-state index in [4.69, 9.17) is 10.5 Å². The average Bonchev–Trinajstić information content (AvgIpc) is 2.15. The van der Waals surface area contributed by atoms with Crippen molar-refractivity contribution in [1.82, 2.24) is 0 Å². The van der Waals surface area contributed by atoms with Crippen LogP contribution in [0.25, 0.3) is 0 Å². The molecule has 2 N–H and O–H groups in total. The summed E-state index contributed by atoms with van der Waals surface area (Å²) in [5.74, 6) is 1.08. The molecule has 2 nitrogen and oxygen atoms in total. The number of anilines is 1. The zero-order valence-electron chi connectivity index (χ0n) is 9.70. The number of ether oxygens (including phenoxy) is 1. The highest BCUT2D eigenvalue weighted by Gasteiger charge is 2.00. The van der Waals surface area contributed by atoms with Crippen LogP contribution in [0.15, 0.2) is 23.1 Å². The summed E-state index contributed by atoms with van der Waals surface area (Å²) in [7, 11) is 0. The molecule has 0 aliphatic rings. The van der Waals surface area contributed by atoms with Gasteiger partial charge in [0.2, 0.25) is 0 Å². The molecule has 4 heteroatoms. The number of benzene rings is 1. The molecule has 0 bridgehead atoms. The van der Waals surface area contributed by atoms with Gasteiger partial charge in [0.25, 0.3) is 0 Å². The molecule has 0 radical (unpaired) electrons. The van der Waals surface area contributed by atoms with E-state index in [1.807, 2.05) is 0 Å². The Labute approximate surface area is 100 Å². The number of hydrogen-bond donors (Lipinski definition) is 1. The lowest BCUT2D eigenvalue weighted by molar-refractivity contribution is 0.124. The molecule has 0 spiro atoms. The van der Waals surface area contributed by atoms with Crippen molar-refractivity contribution >= 4 is 17.4 Å². The van der Waals surface area contributed by atoms with E-state index in [1.54, 1.807) is 17.8 Å². The number of hydrogen-bond acceptors (Lipinski definition) is 3. The smallest absolute Gasteiger partial charge is 0.126 e. The molecule has 0 heterocycles. The lowest BCUT2D eigenvalue weighted by atomic mass is 10.2. The molecule has 0 fully saturated rings. The Bertz CT molecular complexity index is 311. The van der Waals surface area contributed by atoms with Crippen molar-refractivity contribution in [1.29, 1.82) is 0 Å². The minimum Gasteiger partial charge on any atom is -0.399 e. The van der Waals surface area contributed by atoms with Crippen LogP contribution in [-0.4, -0.2) is 19.0 Å². The zero-order chi connectivity index (χ0) is 12.0. The van der Waals surface area contributed by atoms with Crippen molar-refractivity contribution in [2.45, 2.75) is 18.7 Å². The second kappa shape index (κ2) is 6.76. The van der Waals surface area contributed by atoms with Crippen molar-refractivity contribution < 1.29 is 9.13 Å². The third-order valence-corrected chi connectivity index (χ3v) is 2.78. The summed E-state index contributed by atoms with van der Waals surface area (Å²) < 4.78 is 18.4. The Kier molecular flexibility index (Phi) is 5.63. The molecule has 0 saturated heterocycles. The predicted molar refractivity (Wildman–Crippen MR) is 67.2 cm³/mol. The molecule has 0 aliphatic carbocycles. The lowest BCUT2D eigenvalue weighted by Gasteiger charge is -2.07. The third-order valence-electron chi connectivity index (χ3n) is 1.84. The van der Waals surface area contributed by atoms with Crippen molar-refractivity contribution in [3.63, 3.8) is 0 Å². The zero-order valence-corrected chi connectivity index (χ0v) is 10.5. The van der Waals surface area contributed by atoms with Gasteiger partial charge in [-0.3, -0.25) is 0 Å². The normalized spacial score (nSPS) is 11.0. The highest BCUT2D eigenvalue weighted by molar-refractivity contribution is 7.99. The Morgan fingerprint density at radius 2 is 2.12 bits per heavy atom. The molecule has 0 atom stereocenters. The number of nitrogen functional groups attached to an aromatic ring is 1. The highest BCUT2D eigenvalue weighted by Crippen LogP contribution is 2.21. The van der Waals surface area contributed by atoms with Crippen LogP contribution < -0.4 is 5.73 Å². The van der Waals surface area contributed by atoms with Gasteiger partial charge in [-0.1, -0.05) is 13.8 Å². The van der Waals surface area contributed by atoms with Crippen molar-refractivity contribution in [2.24, 2.45) is 5.92 Å². The van der Waals surface area contributed by atoms with Crippen LogP contribution in [-0.2, 0) is 4.74 Å². The van der Waals surface area contributed by atoms with Crippen LogP contribution >= 0.6 is 11.8 Å². The van der Waals surface area contributed by atoms with E-state index in [0.29, 0.717) is 18.2 Å². The number of nitrogens with two attached hydrogens (primary N) is 1. The molecule has 1 rings (SSSR count). The fraction of sp³-hybridized carbons (Fsp3) is 0.500. The second-order valence-corrected chi connectivity index (χ2v) is 5.21. The summed E-state index contributed by atoms with van der Waals surface area (Å²) >= 11 is 1.56. The first kappa shape index (κ1) is 13.3. The lowest BCUT2D eigenvalue weighted by Crippen LogP contribution is -2.04. The number of thioether (sulfide) groups is 1. The standard InChI is InChI=1S/C12H18FNOS/c1-9(2)8-15-3-4-16-12-6-10(13)5-11(14)7-12/h5-7,9H,3-4,8,14H2,1-2H3. The van der Waals surface area contributed by atoms with Crippen LogP contribution in [0.1, 0.15) is 13.8 Å². The maximum atomic E-state index is 13.0. The van der Waals surface area contributed by atoms with Crippen LogP contribution in [0.5, 0.6) is 0 Å². The van der Waals surface area contributed by atoms with E-state index in [9.17, 15) is 4.39 Å². The van der Waals surface area contributed by atoms with Gasteiger partial charge in [0.1, 0.15) is 5.82 Å². The summed E-state index contributed by atoms with van der Waals surface area (Å²) in [5.41, 5.74) is 6.01. The van der Waals surface area contributed by atoms with E-state index >= 15 is 0 Å². The van der Waals surface area contributed by atoms with Gasteiger partial charge in [-0.05, 0) is 24.1 Å². The number of halogens is 1. The topological polar surface area (TPSA) is 35.2 Å². The van der Waals surface area contributed by atoms with Gasteiger partial charge in [0, 0.05) is 22.9 Å². The molecule has 90 valence electrons. The van der Waals surface area contributed by atoms with Crippen LogP contribution in [0, 0.1) is 11.7 Å². The maximum absolute atomic E-state index is 13.0. The summed E-state index contributed by atoms with van der Waals surface area (Å²) in [6, 6.07) is 4.58. The Balaban J connectivity index is 2.26. The summed E-state index contributed by atoms with van der Waals surface area (Å²) in [6.45, 7) is 5.67. The fourth-order valence-corrected chi connectivity index (χ4v) is 2.06. The third kappa shape index (κ3) is 5.37. The van der Waals surface area contributed by atoms with Crippen molar-refractivity contribution in [3.05, 3.63) is 24.0 Å². The first-order chi connectivity index (χ1) is 7.58. The summed E-state index contributed by atoms with van der Waals surface area (Å²) in [5, 5.41) is 0. The summed E-state index contributed by atoms with van der Waals surface area (Å²) in [6.07, 6.45) is 0. The van der Waals surface area contributed by atoms with Gasteiger partial charge in [0.15, 0.2) is 0 Å². The van der Waals surface area contributed by atoms with Crippen LogP contribution in [0.4, 0.5) is 10.1 Å². The second-order valence-electron chi connectivity index (χ2n) is 4.04. The van der Waals surface area contributed by atoms with Gasteiger partial charge in [-0.2, -0.15) is 0 Å². The Morgan fingerprint density at radius 1 is 1.38 bits per heavy atom. The first-order valence-electron chi connectivity index (χ1n) is 5.34. The minimum atomic E-state index is -0.286. The van der Waals surface area contributed by atoms with E-state index < -0.39 is 0 Å². The molecule has 1 aromatic carbocycles. The number of rotatable bonds is 6. The average molecular weight is 243 g/mol. The quantitative estimate of drug-likeness (QED) is 0.473. The minimum absolute atomic E-state index is 0.286. The van der Waals surface area contributed by atoms with E-state index in [-0.39, 0.29) is 5.82 Å². The van der Waals surface area contributed by atoms with Crippen LogP contribution in [0.3, 0.4) is 0 Å². The molecular weight excluding hydrogens is 225 g/mol. The Hall–Kier alpha value is -0.740. The van der Waals surface area contributed by atoms with Gasteiger partial charge in [-0.15, -0.1) is 11.8 Å². The molecule has 1 aromatic rings. The first-order valence-corrected chi connectivity index (χ1v) is 6.33. The Morgan fingerprint density at radius 3 is 2.75 bits per heavy atom. The maximum Gasteiger partial charge on any atom is 0.126 e.